The van der Waals surface area contributed by atoms with Crippen molar-refractivity contribution in [3.8, 4) is 5.75 Å². The first-order valence-corrected chi connectivity index (χ1v) is 6.49. The van der Waals surface area contributed by atoms with E-state index in [1.807, 2.05) is 0 Å². The monoisotopic (exact) mass is 234 g/mol. The maximum Gasteiger partial charge on any atom is 0.339 e. The van der Waals surface area contributed by atoms with Gasteiger partial charge in [-0.05, 0) is 43.4 Å². The first-order valence-electron chi connectivity index (χ1n) is 6.49. The van der Waals surface area contributed by atoms with Gasteiger partial charge in [0.2, 0.25) is 0 Å². The summed E-state index contributed by atoms with van der Waals surface area (Å²) in [5, 5.41) is 9.52. The van der Waals surface area contributed by atoms with Crippen molar-refractivity contribution in [1.82, 2.24) is 0 Å². The molecule has 1 aromatic heterocycles. The standard InChI is InChI=1S/C14H18O3/c1-8(9-2-3-9)14(10-4-5-10)12-6-11(15)7-13(16)17-12/h6-10,14-15H,2-5H2,1H3. The Bertz CT molecular complexity index is 469. The van der Waals surface area contributed by atoms with Gasteiger partial charge >= 0.3 is 5.63 Å². The van der Waals surface area contributed by atoms with Crippen LogP contribution in [0.25, 0.3) is 0 Å². The first-order chi connectivity index (χ1) is 8.15. The van der Waals surface area contributed by atoms with Gasteiger partial charge in [-0.25, -0.2) is 4.79 Å². The van der Waals surface area contributed by atoms with Crippen molar-refractivity contribution >= 4 is 0 Å². The molecular weight excluding hydrogens is 216 g/mol. The van der Waals surface area contributed by atoms with E-state index in [-0.39, 0.29) is 5.75 Å². The lowest BCUT2D eigenvalue weighted by atomic mass is 9.84. The molecule has 3 heteroatoms. The highest BCUT2D eigenvalue weighted by Crippen LogP contribution is 2.53. The molecule has 2 unspecified atom stereocenters. The minimum absolute atomic E-state index is 0.0323. The molecular formula is C14H18O3. The summed E-state index contributed by atoms with van der Waals surface area (Å²) < 4.78 is 5.31. The molecule has 2 aliphatic rings. The average molecular weight is 234 g/mol. The maximum absolute atomic E-state index is 11.3. The van der Waals surface area contributed by atoms with Crippen molar-refractivity contribution in [2.75, 3.05) is 0 Å². The Hall–Kier alpha value is -1.25. The second kappa shape index (κ2) is 3.90. The Morgan fingerprint density at radius 2 is 1.88 bits per heavy atom. The molecule has 0 spiro atoms. The minimum Gasteiger partial charge on any atom is -0.508 e. The maximum atomic E-state index is 11.3. The third kappa shape index (κ3) is 2.24. The molecule has 1 heterocycles. The van der Waals surface area contributed by atoms with Crippen LogP contribution in [0, 0.1) is 17.8 Å². The molecule has 0 saturated heterocycles. The average Bonchev–Trinajstić information content (AvgIpc) is 3.12. The molecule has 3 rings (SSSR count). The van der Waals surface area contributed by atoms with Gasteiger partial charge in [0, 0.05) is 12.0 Å². The number of aromatic hydroxyl groups is 1. The van der Waals surface area contributed by atoms with Crippen LogP contribution >= 0.6 is 0 Å². The summed E-state index contributed by atoms with van der Waals surface area (Å²) in [7, 11) is 0. The Balaban J connectivity index is 1.93. The molecule has 0 radical (unpaired) electrons. The smallest absolute Gasteiger partial charge is 0.339 e. The van der Waals surface area contributed by atoms with Gasteiger partial charge in [0.15, 0.2) is 0 Å². The zero-order valence-electron chi connectivity index (χ0n) is 10.1. The van der Waals surface area contributed by atoms with E-state index in [1.165, 1.54) is 25.7 Å². The summed E-state index contributed by atoms with van der Waals surface area (Å²) in [4.78, 5) is 11.3. The molecule has 1 N–H and O–H groups in total. The predicted octanol–water partition coefficient (Wildman–Crippen LogP) is 2.89. The van der Waals surface area contributed by atoms with E-state index in [4.69, 9.17) is 4.42 Å². The van der Waals surface area contributed by atoms with Gasteiger partial charge in [0.1, 0.15) is 11.5 Å². The zero-order valence-corrected chi connectivity index (χ0v) is 10.1. The van der Waals surface area contributed by atoms with Crippen molar-refractivity contribution in [3.05, 3.63) is 28.3 Å². The molecule has 1 aromatic rings. The quantitative estimate of drug-likeness (QED) is 0.871. The lowest BCUT2D eigenvalue weighted by Crippen LogP contribution is -2.15. The molecule has 92 valence electrons. The van der Waals surface area contributed by atoms with E-state index >= 15 is 0 Å². The first kappa shape index (κ1) is 10.9. The van der Waals surface area contributed by atoms with Crippen LogP contribution < -0.4 is 5.63 Å². The second-order valence-corrected chi connectivity index (χ2v) is 5.60. The van der Waals surface area contributed by atoms with Crippen LogP contribution in [0.3, 0.4) is 0 Å². The Morgan fingerprint density at radius 1 is 1.24 bits per heavy atom. The largest absolute Gasteiger partial charge is 0.508 e. The van der Waals surface area contributed by atoms with Gasteiger partial charge in [-0.3, -0.25) is 0 Å². The molecule has 0 bridgehead atoms. The van der Waals surface area contributed by atoms with E-state index in [0.717, 1.165) is 12.0 Å². The highest BCUT2D eigenvalue weighted by atomic mass is 16.4. The molecule has 0 aromatic carbocycles. The number of hydrogen-bond acceptors (Lipinski definition) is 3. The SMILES string of the molecule is CC(C1CC1)C(c1cc(O)cc(=O)o1)C1CC1. The molecule has 2 aliphatic carbocycles. The fourth-order valence-corrected chi connectivity index (χ4v) is 2.94. The molecule has 2 fully saturated rings. The highest BCUT2D eigenvalue weighted by molar-refractivity contribution is 5.23. The van der Waals surface area contributed by atoms with Crippen LogP contribution in [-0.2, 0) is 0 Å². The van der Waals surface area contributed by atoms with Crippen molar-refractivity contribution in [1.29, 1.82) is 0 Å². The topological polar surface area (TPSA) is 50.4 Å². The Morgan fingerprint density at radius 3 is 2.41 bits per heavy atom. The molecule has 0 amide bonds. The van der Waals surface area contributed by atoms with Gasteiger partial charge in [0.25, 0.3) is 0 Å². The molecule has 17 heavy (non-hydrogen) atoms. The van der Waals surface area contributed by atoms with Crippen molar-refractivity contribution in [3.63, 3.8) is 0 Å². The number of rotatable bonds is 4. The van der Waals surface area contributed by atoms with Crippen LogP contribution in [0.1, 0.15) is 44.3 Å². The minimum atomic E-state index is -0.436. The fraction of sp³-hybridized carbons (Fsp3) is 0.643. The third-order valence-electron chi connectivity index (χ3n) is 4.16. The predicted molar refractivity (Wildman–Crippen MR) is 64.0 cm³/mol. The lowest BCUT2D eigenvalue weighted by Gasteiger charge is -2.22. The summed E-state index contributed by atoms with van der Waals surface area (Å²) in [6.07, 6.45) is 5.04. The van der Waals surface area contributed by atoms with Gasteiger partial charge < -0.3 is 9.52 Å². The van der Waals surface area contributed by atoms with Crippen molar-refractivity contribution in [2.24, 2.45) is 17.8 Å². The Labute approximate surface area is 100 Å². The van der Waals surface area contributed by atoms with Gasteiger partial charge in [-0.1, -0.05) is 6.92 Å². The van der Waals surface area contributed by atoms with Crippen LogP contribution in [0.5, 0.6) is 5.75 Å². The fourth-order valence-electron chi connectivity index (χ4n) is 2.94. The van der Waals surface area contributed by atoms with Crippen molar-refractivity contribution < 1.29 is 9.52 Å². The van der Waals surface area contributed by atoms with Crippen LogP contribution in [0.2, 0.25) is 0 Å². The van der Waals surface area contributed by atoms with Gasteiger partial charge in [0.05, 0.1) is 6.07 Å². The van der Waals surface area contributed by atoms with E-state index in [9.17, 15) is 9.90 Å². The number of hydrogen-bond donors (Lipinski definition) is 1. The van der Waals surface area contributed by atoms with Crippen LogP contribution in [0.4, 0.5) is 0 Å². The van der Waals surface area contributed by atoms with E-state index in [2.05, 4.69) is 6.92 Å². The second-order valence-electron chi connectivity index (χ2n) is 5.60. The van der Waals surface area contributed by atoms with Crippen molar-refractivity contribution in [2.45, 2.75) is 38.5 Å². The normalized spacial score (nSPS) is 23.4. The lowest BCUT2D eigenvalue weighted by molar-refractivity contribution is 0.302. The third-order valence-corrected chi connectivity index (χ3v) is 4.16. The summed E-state index contributed by atoms with van der Waals surface area (Å²) in [6, 6.07) is 2.76. The van der Waals surface area contributed by atoms with Crippen LogP contribution in [0.15, 0.2) is 21.3 Å². The van der Waals surface area contributed by atoms with E-state index in [1.54, 1.807) is 6.07 Å². The van der Waals surface area contributed by atoms with Gasteiger partial charge in [-0.15, -0.1) is 0 Å². The summed E-state index contributed by atoms with van der Waals surface area (Å²) in [5.74, 6) is 3.04. The molecule has 3 nitrogen and oxygen atoms in total. The highest BCUT2D eigenvalue weighted by Gasteiger charge is 2.43. The Kier molecular flexibility index (Phi) is 2.49. The van der Waals surface area contributed by atoms with Gasteiger partial charge in [-0.2, -0.15) is 0 Å². The van der Waals surface area contributed by atoms with Crippen LogP contribution in [-0.4, -0.2) is 5.11 Å². The molecule has 2 saturated carbocycles. The summed E-state index contributed by atoms with van der Waals surface area (Å²) in [5.41, 5.74) is -0.436. The molecule has 2 atom stereocenters. The zero-order chi connectivity index (χ0) is 12.0. The summed E-state index contributed by atoms with van der Waals surface area (Å²) >= 11 is 0. The summed E-state index contributed by atoms with van der Waals surface area (Å²) in [6.45, 7) is 2.25. The molecule has 0 aliphatic heterocycles. The van der Waals surface area contributed by atoms with E-state index < -0.39 is 5.63 Å². The van der Waals surface area contributed by atoms with E-state index in [0.29, 0.717) is 23.5 Å².